The quantitative estimate of drug-likeness (QED) is 0.526. The molecule has 0 spiro atoms. The van der Waals surface area contributed by atoms with Crippen molar-refractivity contribution in [1.82, 2.24) is 0 Å². The van der Waals surface area contributed by atoms with E-state index >= 15 is 0 Å². The molecule has 0 unspecified atom stereocenters. The van der Waals surface area contributed by atoms with E-state index in [-0.39, 0.29) is 0 Å². The van der Waals surface area contributed by atoms with E-state index in [0.717, 1.165) is 0 Å². The molecule has 0 amide bonds. The van der Waals surface area contributed by atoms with Crippen molar-refractivity contribution < 1.29 is 74.4 Å². The van der Waals surface area contributed by atoms with E-state index in [0.29, 0.717) is 0 Å². The first-order chi connectivity index (χ1) is 3.46. The molecule has 6 nitrogen and oxygen atoms in total. The summed E-state index contributed by atoms with van der Waals surface area (Å²) in [5.74, 6) is 0. The fraction of sp³-hybridized carbons (Fsp3) is 0. The van der Waals surface area contributed by atoms with Crippen LogP contribution in [0.25, 0.3) is 0 Å². The molecule has 0 aromatic rings. The summed E-state index contributed by atoms with van der Waals surface area (Å²) >= 11 is -8.30. The van der Waals surface area contributed by atoms with Gasteiger partial charge in [-0.05, 0) is 0 Å². The summed E-state index contributed by atoms with van der Waals surface area (Å²) < 4.78 is 51.6. The van der Waals surface area contributed by atoms with Crippen molar-refractivity contribution in [1.29, 1.82) is 0 Å². The van der Waals surface area contributed by atoms with E-state index in [1.807, 2.05) is 0 Å². The van der Waals surface area contributed by atoms with Crippen LogP contribution in [0.5, 0.6) is 0 Å². The molecule has 0 heterocycles. The molecule has 52 valence electrons. The Morgan fingerprint density at radius 1 is 0.875 bits per heavy atom. The van der Waals surface area contributed by atoms with Gasteiger partial charge in [-0.1, -0.05) is 0 Å². The van der Waals surface area contributed by atoms with E-state index < -0.39 is 66.8 Å². The van der Waals surface area contributed by atoms with Gasteiger partial charge in [0.05, 0.1) is 0 Å². The molecule has 0 aromatic carbocycles. The average molecular weight is 407 g/mol. The van der Waals surface area contributed by atoms with Crippen LogP contribution in [0, 0.1) is 66.8 Å². The van der Waals surface area contributed by atoms with Gasteiger partial charge in [-0.15, -0.1) is 0 Å². The van der Waals surface area contributed by atoms with Gasteiger partial charge in [0.2, 0.25) is 0 Å². The van der Waals surface area contributed by atoms with Crippen LogP contribution >= 0.6 is 0 Å². The van der Waals surface area contributed by atoms with Crippen molar-refractivity contribution in [3.63, 3.8) is 0 Å². The van der Waals surface area contributed by atoms with Crippen LogP contribution in [0.15, 0.2) is 0 Å². The minimum absolute atomic E-state index is 3.89. The van der Waals surface area contributed by atoms with Gasteiger partial charge in [0.15, 0.2) is 0 Å². The number of rotatable bonds is 0. The molecule has 0 aliphatic carbocycles. The fourth-order valence-corrected chi connectivity index (χ4v) is 0. The van der Waals surface area contributed by atoms with Crippen molar-refractivity contribution in [3.05, 3.63) is 0 Å². The van der Waals surface area contributed by atoms with Crippen LogP contribution in [0.1, 0.15) is 0 Å². The predicted octanol–water partition coefficient (Wildman–Crippen LogP) is -0.713. The maximum atomic E-state index is 8.63. The first-order valence-corrected chi connectivity index (χ1v) is 7.16. The summed E-state index contributed by atoms with van der Waals surface area (Å²) in [5, 5.41) is 0. The van der Waals surface area contributed by atoms with Gasteiger partial charge < -0.3 is 0 Å². The Morgan fingerprint density at radius 2 is 0.875 bits per heavy atom. The number of hydrogen-bond donors (Lipinski definition) is 0. The number of hydrogen-bond acceptors (Lipinski definition) is 6. The van der Waals surface area contributed by atoms with Gasteiger partial charge in [-0.25, -0.2) is 0 Å². The van der Waals surface area contributed by atoms with E-state index in [4.69, 9.17) is 7.61 Å². The van der Waals surface area contributed by atoms with Crippen molar-refractivity contribution in [3.8, 4) is 0 Å². The Labute approximate surface area is 72.4 Å². The SMILES string of the molecule is [O]=[Er](=[O])=[O].[O]=[Nd](=[O])=[O]. The van der Waals surface area contributed by atoms with Crippen LogP contribution in [0.2, 0.25) is 0 Å². The van der Waals surface area contributed by atoms with E-state index in [9.17, 15) is 0 Å². The van der Waals surface area contributed by atoms with Gasteiger partial charge in [0.25, 0.3) is 0 Å². The van der Waals surface area contributed by atoms with Crippen LogP contribution in [-0.2, 0) is 7.61 Å². The van der Waals surface area contributed by atoms with Crippen molar-refractivity contribution in [2.75, 3.05) is 0 Å². The molecule has 0 fully saturated rings. The summed E-state index contributed by atoms with van der Waals surface area (Å²) in [5.41, 5.74) is 0. The zero-order valence-electron chi connectivity index (χ0n) is 3.24. The minimum atomic E-state index is -4.41. The molecule has 0 aliphatic rings. The molecule has 8 heavy (non-hydrogen) atoms. The van der Waals surface area contributed by atoms with Gasteiger partial charge in [0, 0.05) is 0 Å². The maximum absolute atomic E-state index is 8.63. The molecule has 0 saturated carbocycles. The Morgan fingerprint density at radius 3 is 0.875 bits per heavy atom. The van der Waals surface area contributed by atoms with Crippen molar-refractivity contribution in [2.45, 2.75) is 0 Å². The molecule has 0 aromatic heterocycles. The molecular formula is ErNdO6. The molecule has 0 atom stereocenters. The van der Waals surface area contributed by atoms with Crippen LogP contribution in [0.3, 0.4) is 0 Å². The third kappa shape index (κ3) is 155. The van der Waals surface area contributed by atoms with Gasteiger partial charge in [-0.2, -0.15) is 0 Å². The molecule has 0 aliphatic heterocycles. The van der Waals surface area contributed by atoms with Crippen molar-refractivity contribution >= 4 is 0 Å². The normalized spacial score (nSPS) is 7.12. The third-order valence-corrected chi connectivity index (χ3v) is 0. The first-order valence-electron chi connectivity index (χ1n) is 0.966. The molecule has 0 saturated heterocycles. The Balaban J connectivity index is 0. The van der Waals surface area contributed by atoms with Gasteiger partial charge in [-0.3, -0.25) is 0 Å². The standard InChI is InChI=1S/Er.Nd.6O. The van der Waals surface area contributed by atoms with Gasteiger partial charge in [0.1, 0.15) is 0 Å². The molecule has 0 N–H and O–H groups in total. The first kappa shape index (κ1) is 12.1. The molecule has 0 bridgehead atoms. The third-order valence-electron chi connectivity index (χ3n) is 0. The topological polar surface area (TPSA) is 102 Å². The monoisotopic (exact) mass is 404 g/mol. The Hall–Kier alpha value is 1.40. The Bertz CT molecular complexity index is 177. The van der Waals surface area contributed by atoms with E-state index in [1.165, 1.54) is 0 Å². The second-order valence-electron chi connectivity index (χ2n) is 0.394. The van der Waals surface area contributed by atoms with Crippen LogP contribution in [-0.4, -0.2) is 0 Å². The molecule has 0 radical (unpaired) electrons. The fourth-order valence-electron chi connectivity index (χ4n) is 0. The zero-order chi connectivity index (χ0) is 7.15. The van der Waals surface area contributed by atoms with E-state index in [2.05, 4.69) is 0 Å². The summed E-state index contributed by atoms with van der Waals surface area (Å²) in [6.07, 6.45) is 0. The van der Waals surface area contributed by atoms with E-state index in [1.54, 1.807) is 0 Å². The Kier molecular flexibility index (Phi) is 12.7. The van der Waals surface area contributed by atoms with Crippen LogP contribution in [0.4, 0.5) is 0 Å². The average Bonchev–Trinajstić information content (AvgIpc) is 1.25. The molecule has 0 rings (SSSR count). The summed E-state index contributed by atoms with van der Waals surface area (Å²) in [6, 6.07) is 0. The second-order valence-corrected chi connectivity index (χ2v) is 2.92. The summed E-state index contributed by atoms with van der Waals surface area (Å²) in [6.45, 7) is 0. The summed E-state index contributed by atoms with van der Waals surface area (Å²) in [7, 11) is 0. The zero-order valence-corrected chi connectivity index (χ0v) is 8.30. The molecule has 8 heteroatoms. The van der Waals surface area contributed by atoms with Crippen LogP contribution < -0.4 is 0 Å². The predicted molar refractivity (Wildman–Crippen MR) is 4.12 cm³/mol. The molecular weight excluding hydrogens is 407 g/mol. The second kappa shape index (κ2) is 8.40. The van der Waals surface area contributed by atoms with Gasteiger partial charge >= 0.3 is 74.4 Å². The van der Waals surface area contributed by atoms with Crippen molar-refractivity contribution in [2.24, 2.45) is 0 Å². The summed E-state index contributed by atoms with van der Waals surface area (Å²) in [4.78, 5) is 0.